The molecule has 0 unspecified atom stereocenters. The van der Waals surface area contributed by atoms with Crippen molar-refractivity contribution in [3.8, 4) is 0 Å². The summed E-state index contributed by atoms with van der Waals surface area (Å²) in [5.74, 6) is 0.948. The SMILES string of the molecule is Cc1ccc(CNc2ccc(N(C)C)nc2)cc1Cl. The summed E-state index contributed by atoms with van der Waals surface area (Å²) in [6.45, 7) is 2.74. The molecule has 1 heterocycles. The Morgan fingerprint density at radius 1 is 1.21 bits per heavy atom. The fourth-order valence-corrected chi connectivity index (χ4v) is 1.91. The Balaban J connectivity index is 2.00. The summed E-state index contributed by atoms with van der Waals surface area (Å²) in [6, 6.07) is 10.1. The Labute approximate surface area is 119 Å². The van der Waals surface area contributed by atoms with Crippen LogP contribution in [0.3, 0.4) is 0 Å². The fourth-order valence-electron chi connectivity index (χ4n) is 1.71. The number of halogens is 1. The maximum Gasteiger partial charge on any atom is 0.128 e. The van der Waals surface area contributed by atoms with Crippen molar-refractivity contribution in [3.05, 3.63) is 52.7 Å². The molecular formula is C15H18ClN3. The number of hydrogen-bond acceptors (Lipinski definition) is 3. The topological polar surface area (TPSA) is 28.2 Å². The van der Waals surface area contributed by atoms with Gasteiger partial charge >= 0.3 is 0 Å². The predicted molar refractivity (Wildman–Crippen MR) is 82.1 cm³/mol. The van der Waals surface area contributed by atoms with Crippen molar-refractivity contribution in [1.29, 1.82) is 0 Å². The predicted octanol–water partition coefficient (Wildman–Crippen LogP) is 3.72. The lowest BCUT2D eigenvalue weighted by Gasteiger charge is -2.12. The summed E-state index contributed by atoms with van der Waals surface area (Å²) in [7, 11) is 3.95. The lowest BCUT2D eigenvalue weighted by atomic mass is 10.1. The van der Waals surface area contributed by atoms with E-state index in [0.717, 1.165) is 34.2 Å². The highest BCUT2D eigenvalue weighted by Gasteiger charge is 2.00. The van der Waals surface area contributed by atoms with Gasteiger partial charge in [-0.2, -0.15) is 0 Å². The number of aromatic nitrogens is 1. The number of nitrogens with zero attached hydrogens (tertiary/aromatic N) is 2. The number of rotatable bonds is 4. The maximum absolute atomic E-state index is 6.11. The molecule has 4 heteroatoms. The van der Waals surface area contributed by atoms with E-state index in [-0.39, 0.29) is 0 Å². The maximum atomic E-state index is 6.11. The lowest BCUT2D eigenvalue weighted by Crippen LogP contribution is -2.10. The van der Waals surface area contributed by atoms with Crippen molar-refractivity contribution in [2.45, 2.75) is 13.5 Å². The van der Waals surface area contributed by atoms with E-state index in [1.165, 1.54) is 0 Å². The van der Waals surface area contributed by atoms with Gasteiger partial charge in [0.15, 0.2) is 0 Å². The Kier molecular flexibility index (Phi) is 4.27. The molecule has 1 aromatic carbocycles. The minimum absolute atomic E-state index is 0.739. The van der Waals surface area contributed by atoms with Gasteiger partial charge in [-0.3, -0.25) is 0 Å². The van der Waals surface area contributed by atoms with Crippen LogP contribution in [0.1, 0.15) is 11.1 Å². The van der Waals surface area contributed by atoms with Gasteiger partial charge in [-0.15, -0.1) is 0 Å². The van der Waals surface area contributed by atoms with Crippen LogP contribution in [-0.4, -0.2) is 19.1 Å². The van der Waals surface area contributed by atoms with Gasteiger partial charge < -0.3 is 10.2 Å². The second kappa shape index (κ2) is 5.93. The zero-order chi connectivity index (χ0) is 13.8. The molecule has 19 heavy (non-hydrogen) atoms. The first kappa shape index (κ1) is 13.7. The molecule has 0 aliphatic heterocycles. The highest BCUT2D eigenvalue weighted by molar-refractivity contribution is 6.31. The molecular weight excluding hydrogens is 258 g/mol. The van der Waals surface area contributed by atoms with Crippen LogP contribution in [0.2, 0.25) is 5.02 Å². The monoisotopic (exact) mass is 275 g/mol. The van der Waals surface area contributed by atoms with Crippen LogP contribution in [0.15, 0.2) is 36.5 Å². The fraction of sp³-hybridized carbons (Fsp3) is 0.267. The smallest absolute Gasteiger partial charge is 0.128 e. The Morgan fingerprint density at radius 3 is 2.58 bits per heavy atom. The molecule has 2 aromatic rings. The average molecular weight is 276 g/mol. The van der Waals surface area contributed by atoms with Crippen molar-refractivity contribution in [1.82, 2.24) is 4.98 Å². The molecule has 0 atom stereocenters. The normalized spacial score (nSPS) is 10.3. The molecule has 0 saturated heterocycles. The van der Waals surface area contributed by atoms with E-state index in [4.69, 9.17) is 11.6 Å². The van der Waals surface area contributed by atoms with Crippen molar-refractivity contribution in [3.63, 3.8) is 0 Å². The summed E-state index contributed by atoms with van der Waals surface area (Å²) in [5.41, 5.74) is 3.26. The molecule has 2 rings (SSSR count). The number of aryl methyl sites for hydroxylation is 1. The van der Waals surface area contributed by atoms with Gasteiger partial charge in [0.1, 0.15) is 5.82 Å². The van der Waals surface area contributed by atoms with E-state index in [1.54, 1.807) is 0 Å². The minimum Gasteiger partial charge on any atom is -0.380 e. The third-order valence-corrected chi connectivity index (χ3v) is 3.35. The second-order valence-electron chi connectivity index (χ2n) is 4.74. The van der Waals surface area contributed by atoms with Gasteiger partial charge in [0.05, 0.1) is 11.9 Å². The van der Waals surface area contributed by atoms with Crippen LogP contribution in [-0.2, 0) is 6.54 Å². The molecule has 1 aromatic heterocycles. The Morgan fingerprint density at radius 2 is 2.00 bits per heavy atom. The number of anilines is 2. The molecule has 0 radical (unpaired) electrons. The van der Waals surface area contributed by atoms with Crippen LogP contribution in [0.25, 0.3) is 0 Å². The summed E-state index contributed by atoms with van der Waals surface area (Å²) >= 11 is 6.11. The largest absolute Gasteiger partial charge is 0.380 e. The quantitative estimate of drug-likeness (QED) is 0.922. The molecule has 0 spiro atoms. The van der Waals surface area contributed by atoms with Crippen LogP contribution >= 0.6 is 11.6 Å². The van der Waals surface area contributed by atoms with Crippen LogP contribution in [0.5, 0.6) is 0 Å². The van der Waals surface area contributed by atoms with E-state index in [2.05, 4.69) is 16.4 Å². The molecule has 0 amide bonds. The van der Waals surface area contributed by atoms with Gasteiger partial charge in [0.2, 0.25) is 0 Å². The van der Waals surface area contributed by atoms with E-state index >= 15 is 0 Å². The Hall–Kier alpha value is -1.74. The summed E-state index contributed by atoms with van der Waals surface area (Å²) in [6.07, 6.45) is 1.84. The first-order chi connectivity index (χ1) is 9.06. The number of benzene rings is 1. The molecule has 0 aliphatic rings. The average Bonchev–Trinajstić information content (AvgIpc) is 2.40. The van der Waals surface area contributed by atoms with Crippen LogP contribution in [0, 0.1) is 6.92 Å². The molecule has 1 N–H and O–H groups in total. The zero-order valence-corrected chi connectivity index (χ0v) is 12.2. The number of hydrogen-bond donors (Lipinski definition) is 1. The van der Waals surface area contributed by atoms with Gasteiger partial charge in [-0.25, -0.2) is 4.98 Å². The molecule has 3 nitrogen and oxygen atoms in total. The van der Waals surface area contributed by atoms with Crippen molar-refractivity contribution in [2.75, 3.05) is 24.3 Å². The first-order valence-electron chi connectivity index (χ1n) is 6.18. The second-order valence-corrected chi connectivity index (χ2v) is 5.14. The van der Waals surface area contributed by atoms with Gasteiger partial charge in [0, 0.05) is 25.7 Å². The molecule has 0 aliphatic carbocycles. The molecule has 0 bridgehead atoms. The molecule has 0 saturated carbocycles. The van der Waals surface area contributed by atoms with Crippen molar-refractivity contribution < 1.29 is 0 Å². The van der Waals surface area contributed by atoms with E-state index < -0.39 is 0 Å². The van der Waals surface area contributed by atoms with Crippen molar-refractivity contribution in [2.24, 2.45) is 0 Å². The van der Waals surface area contributed by atoms with Gasteiger partial charge in [-0.05, 0) is 36.2 Å². The summed E-state index contributed by atoms with van der Waals surface area (Å²) in [5, 5.41) is 4.14. The standard InChI is InChI=1S/C15H18ClN3/c1-11-4-5-12(8-14(11)16)9-17-13-6-7-15(18-10-13)19(2)3/h4-8,10,17H,9H2,1-3H3. The minimum atomic E-state index is 0.739. The third-order valence-electron chi connectivity index (χ3n) is 2.94. The van der Waals surface area contributed by atoms with E-state index in [0.29, 0.717) is 0 Å². The Bertz CT molecular complexity index is 550. The van der Waals surface area contributed by atoms with Crippen LogP contribution < -0.4 is 10.2 Å². The third kappa shape index (κ3) is 3.61. The van der Waals surface area contributed by atoms with E-state index in [1.807, 2.05) is 56.4 Å². The summed E-state index contributed by atoms with van der Waals surface area (Å²) in [4.78, 5) is 6.34. The molecule has 100 valence electrons. The lowest BCUT2D eigenvalue weighted by molar-refractivity contribution is 1.06. The molecule has 0 fully saturated rings. The van der Waals surface area contributed by atoms with E-state index in [9.17, 15) is 0 Å². The van der Waals surface area contributed by atoms with Crippen LogP contribution in [0.4, 0.5) is 11.5 Å². The number of nitrogens with one attached hydrogen (secondary N) is 1. The summed E-state index contributed by atoms with van der Waals surface area (Å²) < 4.78 is 0. The highest BCUT2D eigenvalue weighted by atomic mass is 35.5. The highest BCUT2D eigenvalue weighted by Crippen LogP contribution is 2.18. The van der Waals surface area contributed by atoms with Gasteiger partial charge in [-0.1, -0.05) is 23.7 Å². The first-order valence-corrected chi connectivity index (χ1v) is 6.56. The zero-order valence-electron chi connectivity index (χ0n) is 11.4. The number of pyridine rings is 1. The van der Waals surface area contributed by atoms with Crippen molar-refractivity contribution >= 4 is 23.1 Å². The van der Waals surface area contributed by atoms with Gasteiger partial charge in [0.25, 0.3) is 0 Å².